The first kappa shape index (κ1) is 9.67. The Labute approximate surface area is 85.9 Å². The normalized spacial score (nSPS) is 12.9. The summed E-state index contributed by atoms with van der Waals surface area (Å²) in [6.45, 7) is 0.0707. The maximum atomic E-state index is 11.0. The van der Waals surface area contributed by atoms with Gasteiger partial charge in [-0.3, -0.25) is 4.79 Å². The van der Waals surface area contributed by atoms with Gasteiger partial charge in [-0.25, -0.2) is 4.98 Å². The van der Waals surface area contributed by atoms with Crippen molar-refractivity contribution in [3.05, 3.63) is 30.1 Å². The Kier molecular flexibility index (Phi) is 2.39. The van der Waals surface area contributed by atoms with Gasteiger partial charge < -0.3 is 15.8 Å². The number of para-hydroxylation sites is 1. The van der Waals surface area contributed by atoms with E-state index in [-0.39, 0.29) is 6.54 Å². The number of nitrogens with zero attached hydrogens (tertiary/aromatic N) is 1. The van der Waals surface area contributed by atoms with Gasteiger partial charge in [0.1, 0.15) is 0 Å². The summed E-state index contributed by atoms with van der Waals surface area (Å²) < 4.78 is 0. The van der Waals surface area contributed by atoms with Crippen molar-refractivity contribution in [3.8, 4) is 0 Å². The number of carbonyl (C=O) groups is 1. The molecule has 0 fully saturated rings. The van der Waals surface area contributed by atoms with Gasteiger partial charge >= 0.3 is 5.97 Å². The van der Waals surface area contributed by atoms with E-state index >= 15 is 0 Å². The molecule has 0 spiro atoms. The van der Waals surface area contributed by atoms with Crippen LogP contribution in [0.2, 0.25) is 0 Å². The zero-order valence-corrected chi connectivity index (χ0v) is 7.97. The minimum atomic E-state index is -0.923. The van der Waals surface area contributed by atoms with Gasteiger partial charge in [-0.2, -0.15) is 0 Å². The van der Waals surface area contributed by atoms with Crippen molar-refractivity contribution in [2.24, 2.45) is 5.73 Å². The third kappa shape index (κ3) is 1.57. The third-order valence-corrected chi connectivity index (χ3v) is 2.39. The predicted molar refractivity (Wildman–Crippen MR) is 55.5 cm³/mol. The van der Waals surface area contributed by atoms with Crippen molar-refractivity contribution in [2.45, 2.75) is 5.92 Å². The second kappa shape index (κ2) is 3.70. The number of fused-ring (bicyclic) bond motifs is 1. The van der Waals surface area contributed by atoms with E-state index in [1.54, 1.807) is 18.5 Å². The lowest BCUT2D eigenvalue weighted by Gasteiger charge is -2.10. The Morgan fingerprint density at radius 2 is 2.40 bits per heavy atom. The topological polar surface area (TPSA) is 92.0 Å². The molecule has 5 nitrogen and oxygen atoms in total. The van der Waals surface area contributed by atoms with Crippen LogP contribution in [-0.4, -0.2) is 27.6 Å². The van der Waals surface area contributed by atoms with Crippen LogP contribution in [0.4, 0.5) is 0 Å². The molecule has 0 bridgehead atoms. The molecule has 5 heteroatoms. The molecule has 0 saturated heterocycles. The molecule has 1 heterocycles. The molecular weight excluding hydrogens is 194 g/mol. The third-order valence-electron chi connectivity index (χ3n) is 2.39. The Hall–Kier alpha value is -1.88. The SMILES string of the molecule is NCC(C(=O)O)c1cccc2[nH]cnc12. The lowest BCUT2D eigenvalue weighted by atomic mass is 9.98. The first-order chi connectivity index (χ1) is 7.24. The molecule has 0 amide bonds. The van der Waals surface area contributed by atoms with Gasteiger partial charge in [-0.1, -0.05) is 12.1 Å². The van der Waals surface area contributed by atoms with Gasteiger partial charge in [-0.05, 0) is 11.6 Å². The van der Waals surface area contributed by atoms with Crippen LogP contribution < -0.4 is 5.73 Å². The fourth-order valence-corrected chi connectivity index (χ4v) is 1.63. The Balaban J connectivity index is 2.59. The van der Waals surface area contributed by atoms with Crippen LogP contribution >= 0.6 is 0 Å². The molecule has 1 aromatic carbocycles. The fraction of sp³-hybridized carbons (Fsp3) is 0.200. The molecule has 0 radical (unpaired) electrons. The fourth-order valence-electron chi connectivity index (χ4n) is 1.63. The van der Waals surface area contributed by atoms with Crippen molar-refractivity contribution in [3.63, 3.8) is 0 Å². The molecule has 1 atom stereocenters. The smallest absolute Gasteiger partial charge is 0.312 e. The highest BCUT2D eigenvalue weighted by Crippen LogP contribution is 2.22. The largest absolute Gasteiger partial charge is 0.481 e. The highest BCUT2D eigenvalue weighted by Gasteiger charge is 2.20. The summed E-state index contributed by atoms with van der Waals surface area (Å²) in [6, 6.07) is 5.39. The van der Waals surface area contributed by atoms with Crippen LogP contribution in [0.3, 0.4) is 0 Å². The summed E-state index contributed by atoms with van der Waals surface area (Å²) in [6.07, 6.45) is 1.55. The van der Waals surface area contributed by atoms with Gasteiger partial charge in [0.25, 0.3) is 0 Å². The number of hydrogen-bond acceptors (Lipinski definition) is 3. The highest BCUT2D eigenvalue weighted by atomic mass is 16.4. The van der Waals surface area contributed by atoms with Crippen LogP contribution in [0.5, 0.6) is 0 Å². The van der Waals surface area contributed by atoms with E-state index in [4.69, 9.17) is 10.8 Å². The van der Waals surface area contributed by atoms with E-state index in [0.29, 0.717) is 11.1 Å². The number of aromatic amines is 1. The zero-order valence-electron chi connectivity index (χ0n) is 7.97. The minimum absolute atomic E-state index is 0.0707. The number of nitrogens with one attached hydrogen (secondary N) is 1. The lowest BCUT2D eigenvalue weighted by molar-refractivity contribution is -0.138. The van der Waals surface area contributed by atoms with Gasteiger partial charge in [0.05, 0.1) is 23.3 Å². The second-order valence-electron chi connectivity index (χ2n) is 3.27. The van der Waals surface area contributed by atoms with Crippen LogP contribution in [-0.2, 0) is 4.79 Å². The number of imidazole rings is 1. The molecule has 2 rings (SSSR count). The van der Waals surface area contributed by atoms with Crippen LogP contribution in [0.25, 0.3) is 11.0 Å². The van der Waals surface area contributed by atoms with Crippen molar-refractivity contribution >= 4 is 17.0 Å². The number of hydrogen-bond donors (Lipinski definition) is 3. The van der Waals surface area contributed by atoms with E-state index in [9.17, 15) is 4.79 Å². The van der Waals surface area contributed by atoms with Crippen LogP contribution in [0, 0.1) is 0 Å². The number of rotatable bonds is 3. The van der Waals surface area contributed by atoms with Gasteiger partial charge in [0, 0.05) is 6.54 Å². The molecule has 0 aliphatic carbocycles. The lowest BCUT2D eigenvalue weighted by Crippen LogP contribution is -2.21. The molecule has 78 valence electrons. The van der Waals surface area contributed by atoms with Crippen LogP contribution in [0.1, 0.15) is 11.5 Å². The van der Waals surface area contributed by atoms with Gasteiger partial charge in [-0.15, -0.1) is 0 Å². The molecule has 15 heavy (non-hydrogen) atoms. The molecule has 2 aromatic rings. The summed E-state index contributed by atoms with van der Waals surface area (Å²) in [5, 5.41) is 9.01. The Morgan fingerprint density at radius 1 is 1.60 bits per heavy atom. The summed E-state index contributed by atoms with van der Waals surface area (Å²) >= 11 is 0. The minimum Gasteiger partial charge on any atom is -0.481 e. The monoisotopic (exact) mass is 205 g/mol. The maximum Gasteiger partial charge on any atom is 0.312 e. The standard InChI is InChI=1S/C10H11N3O2/c11-4-7(10(14)15)6-2-1-3-8-9(6)13-5-12-8/h1-3,5,7H,4,11H2,(H,12,13)(H,14,15). The maximum absolute atomic E-state index is 11.0. The van der Waals surface area contributed by atoms with E-state index in [0.717, 1.165) is 5.52 Å². The quantitative estimate of drug-likeness (QED) is 0.687. The summed E-state index contributed by atoms with van der Waals surface area (Å²) in [5.41, 5.74) is 7.61. The van der Waals surface area contributed by atoms with E-state index < -0.39 is 11.9 Å². The van der Waals surface area contributed by atoms with Crippen LogP contribution in [0.15, 0.2) is 24.5 Å². The number of aliphatic carboxylic acids is 1. The zero-order chi connectivity index (χ0) is 10.8. The van der Waals surface area contributed by atoms with Gasteiger partial charge in [0.15, 0.2) is 0 Å². The Morgan fingerprint density at radius 3 is 3.07 bits per heavy atom. The van der Waals surface area contributed by atoms with E-state index in [2.05, 4.69) is 9.97 Å². The van der Waals surface area contributed by atoms with Crippen molar-refractivity contribution < 1.29 is 9.90 Å². The summed E-state index contributed by atoms with van der Waals surface area (Å²) in [4.78, 5) is 18.0. The average Bonchev–Trinajstić information content (AvgIpc) is 2.66. The van der Waals surface area contributed by atoms with E-state index in [1.807, 2.05) is 6.07 Å². The average molecular weight is 205 g/mol. The van der Waals surface area contributed by atoms with Crippen molar-refractivity contribution in [1.82, 2.24) is 9.97 Å². The van der Waals surface area contributed by atoms with Crippen molar-refractivity contribution in [1.29, 1.82) is 0 Å². The molecule has 1 unspecified atom stereocenters. The van der Waals surface area contributed by atoms with Crippen molar-refractivity contribution in [2.75, 3.05) is 6.54 Å². The number of nitrogens with two attached hydrogens (primary N) is 1. The molecule has 0 aliphatic rings. The predicted octanol–water partition coefficient (Wildman–Crippen LogP) is 0.690. The number of aromatic nitrogens is 2. The Bertz CT molecular complexity index is 492. The first-order valence-electron chi connectivity index (χ1n) is 4.59. The highest BCUT2D eigenvalue weighted by molar-refractivity contribution is 5.86. The molecule has 4 N–H and O–H groups in total. The second-order valence-corrected chi connectivity index (χ2v) is 3.27. The molecular formula is C10H11N3O2. The number of carboxylic acids is 1. The van der Waals surface area contributed by atoms with E-state index in [1.165, 1.54) is 0 Å². The number of H-pyrrole nitrogens is 1. The van der Waals surface area contributed by atoms with Gasteiger partial charge in [0.2, 0.25) is 0 Å². The molecule has 1 aromatic heterocycles. The molecule has 0 saturated carbocycles. The summed E-state index contributed by atoms with van der Waals surface area (Å²) in [7, 11) is 0. The summed E-state index contributed by atoms with van der Waals surface area (Å²) in [5.74, 6) is -1.62. The number of carboxylic acid groups (broad SMARTS) is 1. The molecule has 0 aliphatic heterocycles. The number of benzene rings is 1. The first-order valence-corrected chi connectivity index (χ1v) is 4.59.